The third kappa shape index (κ3) is 3.11. The fourth-order valence-electron chi connectivity index (χ4n) is 3.96. The lowest BCUT2D eigenvalue weighted by molar-refractivity contribution is -0.137. The Morgan fingerprint density at radius 2 is 1.55 bits per heavy atom. The van der Waals surface area contributed by atoms with Gasteiger partial charge in [-0.1, -0.05) is 24.3 Å². The van der Waals surface area contributed by atoms with Gasteiger partial charge in [-0.05, 0) is 54.1 Å². The van der Waals surface area contributed by atoms with Gasteiger partial charge in [0.25, 0.3) is 0 Å². The van der Waals surface area contributed by atoms with Gasteiger partial charge in [0.2, 0.25) is 0 Å². The zero-order valence-electron chi connectivity index (χ0n) is 16.1. The summed E-state index contributed by atoms with van der Waals surface area (Å²) in [6.07, 6.45) is -1.17. The fraction of sp³-hybridized carbons (Fsp3) is 0.0400. The number of aromatic nitrogens is 2. The van der Waals surface area contributed by atoms with Crippen molar-refractivity contribution >= 4 is 21.8 Å². The highest BCUT2D eigenvalue weighted by Gasteiger charge is 2.31. The average molecular weight is 413 g/mol. The van der Waals surface area contributed by atoms with Gasteiger partial charge in [0, 0.05) is 34.4 Å². The van der Waals surface area contributed by atoms with Crippen LogP contribution in [0.5, 0.6) is 0 Å². The van der Waals surface area contributed by atoms with Crippen LogP contribution in [-0.4, -0.2) is 9.55 Å². The van der Waals surface area contributed by atoms with Crippen LogP contribution in [-0.2, 0) is 6.18 Å². The minimum absolute atomic E-state index is 0.460. The smallest absolute Gasteiger partial charge is 0.309 e. The first-order chi connectivity index (χ1) is 15.0. The summed E-state index contributed by atoms with van der Waals surface area (Å²) in [6.45, 7) is 0. The standard InChI is InChI=1S/C25H14F3N3/c26-25(27,28)18-6-8-21-20-3-1-2-4-23(20)31(24(21)13-18)19-7-5-17(15-29)22(14-19)16-9-11-30-12-10-16/h1-14H. The predicted molar refractivity (Wildman–Crippen MR) is 114 cm³/mol. The third-order valence-electron chi connectivity index (χ3n) is 5.37. The lowest BCUT2D eigenvalue weighted by Gasteiger charge is -2.13. The van der Waals surface area contributed by atoms with E-state index in [1.807, 2.05) is 34.9 Å². The first-order valence-electron chi connectivity index (χ1n) is 9.53. The van der Waals surface area contributed by atoms with Crippen molar-refractivity contribution in [3.05, 3.63) is 96.3 Å². The quantitative estimate of drug-likeness (QED) is 0.322. The number of fused-ring (bicyclic) bond motifs is 3. The van der Waals surface area contributed by atoms with E-state index in [2.05, 4.69) is 11.1 Å². The normalized spacial score (nSPS) is 11.7. The van der Waals surface area contributed by atoms with Crippen LogP contribution in [0.2, 0.25) is 0 Å². The van der Waals surface area contributed by atoms with E-state index in [0.717, 1.165) is 27.9 Å². The molecule has 6 heteroatoms. The number of alkyl halides is 3. The predicted octanol–water partition coefficient (Wildman–Crippen LogP) is 6.74. The van der Waals surface area contributed by atoms with Crippen LogP contribution in [0, 0.1) is 11.3 Å². The summed E-state index contributed by atoms with van der Waals surface area (Å²) in [4.78, 5) is 4.02. The molecule has 0 saturated carbocycles. The van der Waals surface area contributed by atoms with Crippen molar-refractivity contribution in [2.24, 2.45) is 0 Å². The summed E-state index contributed by atoms with van der Waals surface area (Å²) < 4.78 is 42.1. The number of nitrogens with zero attached hydrogens (tertiary/aromatic N) is 3. The van der Waals surface area contributed by atoms with E-state index in [1.54, 1.807) is 36.7 Å². The first kappa shape index (κ1) is 18.9. The van der Waals surface area contributed by atoms with Crippen molar-refractivity contribution < 1.29 is 13.2 Å². The highest BCUT2D eigenvalue weighted by atomic mass is 19.4. The van der Waals surface area contributed by atoms with Gasteiger partial charge in [0.1, 0.15) is 0 Å². The average Bonchev–Trinajstić information content (AvgIpc) is 3.12. The van der Waals surface area contributed by atoms with Gasteiger partial charge in [0.05, 0.1) is 28.2 Å². The molecular weight excluding hydrogens is 399 g/mol. The Balaban J connectivity index is 1.85. The van der Waals surface area contributed by atoms with Crippen LogP contribution >= 0.6 is 0 Å². The molecule has 0 radical (unpaired) electrons. The monoisotopic (exact) mass is 413 g/mol. The topological polar surface area (TPSA) is 41.6 Å². The van der Waals surface area contributed by atoms with Gasteiger partial charge in [-0.15, -0.1) is 0 Å². The molecule has 0 unspecified atom stereocenters. The molecule has 0 saturated heterocycles. The molecule has 5 rings (SSSR count). The van der Waals surface area contributed by atoms with Gasteiger partial charge in [-0.3, -0.25) is 4.98 Å². The number of halogens is 3. The van der Waals surface area contributed by atoms with Crippen LogP contribution in [0.4, 0.5) is 13.2 Å². The van der Waals surface area contributed by atoms with Crippen molar-refractivity contribution in [2.45, 2.75) is 6.18 Å². The maximum atomic E-state index is 13.4. The van der Waals surface area contributed by atoms with Crippen LogP contribution < -0.4 is 0 Å². The first-order valence-corrected chi connectivity index (χ1v) is 9.53. The number of nitriles is 1. The summed E-state index contributed by atoms with van der Waals surface area (Å²) in [6, 6.07) is 22.4. The molecule has 2 aromatic heterocycles. The van der Waals surface area contributed by atoms with Crippen molar-refractivity contribution in [3.63, 3.8) is 0 Å². The van der Waals surface area contributed by atoms with Crippen molar-refractivity contribution in [1.29, 1.82) is 5.26 Å². The molecule has 0 aliphatic rings. The molecule has 2 heterocycles. The molecule has 5 aromatic rings. The zero-order valence-corrected chi connectivity index (χ0v) is 16.1. The molecule has 0 spiro atoms. The lowest BCUT2D eigenvalue weighted by Crippen LogP contribution is -2.05. The summed E-state index contributed by atoms with van der Waals surface area (Å²) in [7, 11) is 0. The van der Waals surface area contributed by atoms with E-state index in [-0.39, 0.29) is 0 Å². The number of pyridine rings is 1. The minimum Gasteiger partial charge on any atom is -0.309 e. The Morgan fingerprint density at radius 3 is 2.29 bits per heavy atom. The molecule has 3 nitrogen and oxygen atoms in total. The zero-order chi connectivity index (χ0) is 21.6. The molecule has 3 aromatic carbocycles. The number of para-hydroxylation sites is 1. The number of hydrogen-bond acceptors (Lipinski definition) is 2. The van der Waals surface area contributed by atoms with E-state index in [4.69, 9.17) is 0 Å². The van der Waals surface area contributed by atoms with Crippen LogP contribution in [0.25, 0.3) is 38.6 Å². The highest BCUT2D eigenvalue weighted by molar-refractivity contribution is 6.09. The van der Waals surface area contributed by atoms with Crippen molar-refractivity contribution in [2.75, 3.05) is 0 Å². The molecule has 0 atom stereocenters. The van der Waals surface area contributed by atoms with Gasteiger partial charge in [-0.2, -0.15) is 18.4 Å². The molecule has 0 amide bonds. The van der Waals surface area contributed by atoms with Gasteiger partial charge in [0.15, 0.2) is 0 Å². The van der Waals surface area contributed by atoms with E-state index < -0.39 is 11.7 Å². The fourth-order valence-corrected chi connectivity index (χ4v) is 3.96. The maximum absolute atomic E-state index is 13.4. The lowest BCUT2D eigenvalue weighted by atomic mass is 10.0. The Morgan fingerprint density at radius 1 is 0.806 bits per heavy atom. The molecular formula is C25H14F3N3. The summed E-state index contributed by atoms with van der Waals surface area (Å²) >= 11 is 0. The van der Waals surface area contributed by atoms with Crippen LogP contribution in [0.15, 0.2) is 85.2 Å². The van der Waals surface area contributed by atoms with E-state index in [9.17, 15) is 18.4 Å². The van der Waals surface area contributed by atoms with Crippen molar-refractivity contribution in [3.8, 4) is 22.9 Å². The van der Waals surface area contributed by atoms with Crippen molar-refractivity contribution in [1.82, 2.24) is 9.55 Å². The number of benzene rings is 3. The molecule has 0 fully saturated rings. The van der Waals surface area contributed by atoms with Crippen LogP contribution in [0.1, 0.15) is 11.1 Å². The van der Waals surface area contributed by atoms with E-state index in [0.29, 0.717) is 22.3 Å². The van der Waals surface area contributed by atoms with Gasteiger partial charge >= 0.3 is 6.18 Å². The second-order valence-electron chi connectivity index (χ2n) is 7.16. The Bertz CT molecular complexity index is 1480. The number of rotatable bonds is 2. The Labute approximate surface area is 175 Å². The maximum Gasteiger partial charge on any atom is 0.416 e. The molecule has 150 valence electrons. The largest absolute Gasteiger partial charge is 0.416 e. The summed E-state index contributed by atoms with van der Waals surface area (Å²) in [5.41, 5.74) is 3.21. The van der Waals surface area contributed by atoms with Gasteiger partial charge in [-0.25, -0.2) is 0 Å². The second kappa shape index (κ2) is 6.99. The Kier molecular flexibility index (Phi) is 4.26. The minimum atomic E-state index is -4.44. The van der Waals surface area contributed by atoms with E-state index >= 15 is 0 Å². The SMILES string of the molecule is N#Cc1ccc(-n2c3ccccc3c3ccc(C(F)(F)F)cc32)cc1-c1ccncc1. The van der Waals surface area contributed by atoms with E-state index in [1.165, 1.54) is 12.1 Å². The third-order valence-corrected chi connectivity index (χ3v) is 5.37. The second-order valence-corrected chi connectivity index (χ2v) is 7.16. The number of hydrogen-bond donors (Lipinski definition) is 0. The molecule has 0 aliphatic heterocycles. The van der Waals surface area contributed by atoms with Gasteiger partial charge < -0.3 is 4.57 Å². The molecule has 0 aliphatic carbocycles. The Hall–Kier alpha value is -4.11. The van der Waals surface area contributed by atoms with Crippen LogP contribution in [0.3, 0.4) is 0 Å². The highest BCUT2D eigenvalue weighted by Crippen LogP contribution is 2.37. The summed E-state index contributed by atoms with van der Waals surface area (Å²) in [5, 5.41) is 11.2. The molecule has 0 N–H and O–H groups in total. The summed E-state index contributed by atoms with van der Waals surface area (Å²) in [5.74, 6) is 0. The molecule has 31 heavy (non-hydrogen) atoms. The molecule has 0 bridgehead atoms.